The number of hydrogen-bond donors (Lipinski definition) is 2. The van der Waals surface area contributed by atoms with Crippen LogP contribution in [0.1, 0.15) is 42.9 Å². The van der Waals surface area contributed by atoms with Gasteiger partial charge in [0.15, 0.2) is 5.82 Å². The van der Waals surface area contributed by atoms with E-state index >= 15 is 0 Å². The fraction of sp³-hybridized carbons (Fsp3) is 0.458. The summed E-state index contributed by atoms with van der Waals surface area (Å²) < 4.78 is 13.9. The predicted octanol–water partition coefficient (Wildman–Crippen LogP) is 4.06. The molecule has 1 aromatic carbocycles. The molecule has 3 heterocycles. The summed E-state index contributed by atoms with van der Waals surface area (Å²) in [7, 11) is 2.08. The van der Waals surface area contributed by atoms with Gasteiger partial charge in [0.25, 0.3) is 0 Å². The van der Waals surface area contributed by atoms with Crippen LogP contribution in [0, 0.1) is 11.2 Å². The minimum Gasteiger partial charge on any atom is -0.341 e. The van der Waals surface area contributed by atoms with Crippen molar-refractivity contribution in [3.8, 4) is 0 Å². The van der Waals surface area contributed by atoms with E-state index in [0.717, 1.165) is 49.1 Å². The van der Waals surface area contributed by atoms with E-state index in [9.17, 15) is 4.39 Å². The van der Waals surface area contributed by atoms with E-state index in [2.05, 4.69) is 43.4 Å². The Morgan fingerprint density at radius 3 is 2.78 bits per heavy atom. The zero-order valence-corrected chi connectivity index (χ0v) is 18.3. The Hall–Kier alpha value is -3.00. The van der Waals surface area contributed by atoms with Gasteiger partial charge in [-0.25, -0.2) is 9.37 Å². The molecule has 0 unspecified atom stereocenters. The van der Waals surface area contributed by atoms with Crippen molar-refractivity contribution in [2.45, 2.75) is 44.2 Å². The number of hydrogen-bond acceptors (Lipinski definition) is 6. The molecule has 8 heteroatoms. The summed E-state index contributed by atoms with van der Waals surface area (Å²) in [6.45, 7) is 2.77. The van der Waals surface area contributed by atoms with Crippen molar-refractivity contribution in [2.75, 3.05) is 30.4 Å². The highest BCUT2D eigenvalue weighted by Crippen LogP contribution is 2.50. The summed E-state index contributed by atoms with van der Waals surface area (Å²) >= 11 is 0. The molecule has 32 heavy (non-hydrogen) atoms. The summed E-state index contributed by atoms with van der Waals surface area (Å²) in [5, 5.41) is 10.8. The fourth-order valence-corrected chi connectivity index (χ4v) is 5.24. The number of aromatic amines is 1. The van der Waals surface area contributed by atoms with Crippen LogP contribution >= 0.6 is 0 Å². The molecule has 1 saturated heterocycles. The minimum absolute atomic E-state index is 0.107. The molecule has 2 aromatic heterocycles. The summed E-state index contributed by atoms with van der Waals surface area (Å²) in [6.07, 6.45) is 6.54. The summed E-state index contributed by atoms with van der Waals surface area (Å²) in [5.74, 6) is 2.82. The average Bonchev–Trinajstić information content (AvgIpc) is 3.49. The molecule has 3 aromatic rings. The zero-order chi connectivity index (χ0) is 21.7. The Kier molecular flexibility index (Phi) is 4.64. The van der Waals surface area contributed by atoms with Gasteiger partial charge in [0.05, 0.1) is 0 Å². The molecule has 2 N–H and O–H groups in total. The molecule has 0 amide bonds. The number of nitrogens with zero attached hydrogens (tertiary/aromatic N) is 5. The molecule has 0 radical (unpaired) electrons. The SMILES string of the molecule is CN(c1nccc(Nc2cc(C3CC3)[nH]n2)n1)C1CC2(C1)CN(Cc1ccccc1F)C2. The Labute approximate surface area is 187 Å². The predicted molar refractivity (Wildman–Crippen MR) is 121 cm³/mol. The van der Waals surface area contributed by atoms with Gasteiger partial charge in [-0.05, 0) is 43.2 Å². The molecule has 7 nitrogen and oxygen atoms in total. The number of rotatable bonds is 7. The molecule has 1 spiro atoms. The van der Waals surface area contributed by atoms with Crippen LogP contribution in [0.25, 0.3) is 0 Å². The molecule has 2 aliphatic carbocycles. The first-order chi connectivity index (χ1) is 15.6. The van der Waals surface area contributed by atoms with Gasteiger partial charge in [0, 0.05) is 62.2 Å². The van der Waals surface area contributed by atoms with E-state index in [-0.39, 0.29) is 5.82 Å². The lowest BCUT2D eigenvalue weighted by Gasteiger charge is -2.60. The third-order valence-electron chi connectivity index (χ3n) is 7.18. The second-order valence-electron chi connectivity index (χ2n) is 9.76. The monoisotopic (exact) mass is 433 g/mol. The van der Waals surface area contributed by atoms with Crippen molar-refractivity contribution < 1.29 is 4.39 Å². The number of nitrogens with one attached hydrogen (secondary N) is 2. The second-order valence-corrected chi connectivity index (χ2v) is 9.76. The minimum atomic E-state index is -0.107. The van der Waals surface area contributed by atoms with E-state index in [0.29, 0.717) is 23.9 Å². The van der Waals surface area contributed by atoms with Crippen molar-refractivity contribution in [1.82, 2.24) is 25.1 Å². The third-order valence-corrected chi connectivity index (χ3v) is 7.18. The van der Waals surface area contributed by atoms with Gasteiger partial charge < -0.3 is 10.2 Å². The smallest absolute Gasteiger partial charge is 0.227 e. The first kappa shape index (κ1) is 19.7. The highest BCUT2D eigenvalue weighted by molar-refractivity contribution is 5.54. The van der Waals surface area contributed by atoms with Crippen molar-refractivity contribution in [3.05, 3.63) is 59.7 Å². The van der Waals surface area contributed by atoms with Crippen LogP contribution in [-0.4, -0.2) is 51.2 Å². The molecular formula is C24H28FN7. The fourth-order valence-electron chi connectivity index (χ4n) is 5.24. The van der Waals surface area contributed by atoms with E-state index in [4.69, 9.17) is 4.98 Å². The maximum Gasteiger partial charge on any atom is 0.227 e. The molecule has 3 aliphatic rings. The quantitative estimate of drug-likeness (QED) is 0.585. The largest absolute Gasteiger partial charge is 0.341 e. The lowest BCUT2D eigenvalue weighted by atomic mass is 9.60. The van der Waals surface area contributed by atoms with Crippen LogP contribution in [0.3, 0.4) is 0 Å². The topological polar surface area (TPSA) is 73.0 Å². The van der Waals surface area contributed by atoms with Gasteiger partial charge in [0.1, 0.15) is 11.6 Å². The van der Waals surface area contributed by atoms with Crippen LogP contribution in [0.15, 0.2) is 42.6 Å². The van der Waals surface area contributed by atoms with E-state index in [1.165, 1.54) is 18.5 Å². The van der Waals surface area contributed by atoms with Gasteiger partial charge in [0.2, 0.25) is 5.95 Å². The number of benzene rings is 1. The lowest BCUT2D eigenvalue weighted by molar-refractivity contribution is -0.0766. The molecule has 2 saturated carbocycles. The number of likely N-dealkylation sites (tertiary alicyclic amines) is 1. The van der Waals surface area contributed by atoms with Crippen LogP contribution < -0.4 is 10.2 Å². The van der Waals surface area contributed by atoms with Crippen molar-refractivity contribution in [1.29, 1.82) is 0 Å². The van der Waals surface area contributed by atoms with Crippen LogP contribution in [0.2, 0.25) is 0 Å². The first-order valence-corrected chi connectivity index (χ1v) is 11.4. The summed E-state index contributed by atoms with van der Waals surface area (Å²) in [5.41, 5.74) is 2.35. The maximum absolute atomic E-state index is 13.9. The average molecular weight is 434 g/mol. The van der Waals surface area contributed by atoms with Gasteiger partial charge in [-0.15, -0.1) is 0 Å². The van der Waals surface area contributed by atoms with Crippen molar-refractivity contribution in [3.63, 3.8) is 0 Å². The maximum atomic E-state index is 13.9. The Morgan fingerprint density at radius 1 is 1.19 bits per heavy atom. The van der Waals surface area contributed by atoms with Gasteiger partial charge in [-0.2, -0.15) is 10.1 Å². The van der Waals surface area contributed by atoms with E-state index < -0.39 is 0 Å². The summed E-state index contributed by atoms with van der Waals surface area (Å²) in [6, 6.07) is 11.5. The van der Waals surface area contributed by atoms with E-state index in [1.807, 2.05) is 18.2 Å². The number of H-pyrrole nitrogens is 1. The van der Waals surface area contributed by atoms with E-state index in [1.54, 1.807) is 18.3 Å². The normalized spacial score (nSPS) is 20.1. The second kappa shape index (κ2) is 7.55. The highest BCUT2D eigenvalue weighted by Gasteiger charge is 2.53. The molecule has 6 rings (SSSR count). The highest BCUT2D eigenvalue weighted by atomic mass is 19.1. The summed E-state index contributed by atoms with van der Waals surface area (Å²) in [4.78, 5) is 13.7. The van der Waals surface area contributed by atoms with Crippen LogP contribution in [0.5, 0.6) is 0 Å². The Bertz CT molecular complexity index is 1110. The van der Waals surface area contributed by atoms with Gasteiger partial charge in [-0.3, -0.25) is 10.00 Å². The zero-order valence-electron chi connectivity index (χ0n) is 18.3. The Balaban J connectivity index is 1.03. The van der Waals surface area contributed by atoms with Crippen molar-refractivity contribution in [2.24, 2.45) is 5.41 Å². The molecule has 0 bridgehead atoms. The van der Waals surface area contributed by atoms with Crippen LogP contribution in [0.4, 0.5) is 22.0 Å². The molecular weight excluding hydrogens is 405 g/mol. The lowest BCUT2D eigenvalue weighted by Crippen LogP contribution is -2.66. The third kappa shape index (κ3) is 3.72. The Morgan fingerprint density at radius 2 is 2.00 bits per heavy atom. The number of halogens is 1. The standard InChI is InChI=1S/C24H28FN7/c1-31(18-11-24(12-18)14-32(15-24)13-17-4-2-3-5-19(17)25)23-26-9-8-21(28-23)27-22-10-20(29-30-22)16-6-7-16/h2-5,8-10,16,18H,6-7,11-15H2,1H3,(H2,26,27,28,29,30). The van der Waals surface area contributed by atoms with Crippen molar-refractivity contribution >= 4 is 17.6 Å². The van der Waals surface area contributed by atoms with Gasteiger partial charge >= 0.3 is 0 Å². The number of anilines is 3. The first-order valence-electron chi connectivity index (χ1n) is 11.4. The molecule has 0 atom stereocenters. The molecule has 1 aliphatic heterocycles. The molecule has 3 fully saturated rings. The van der Waals surface area contributed by atoms with Crippen LogP contribution in [-0.2, 0) is 6.54 Å². The molecule has 166 valence electrons. The van der Waals surface area contributed by atoms with Gasteiger partial charge in [-0.1, -0.05) is 18.2 Å². The number of aromatic nitrogens is 4.